The maximum Gasteiger partial charge on any atom is 0.267 e. The fraction of sp³-hybridized carbons (Fsp3) is 0.0714. The fourth-order valence-corrected chi connectivity index (χ4v) is 4.99. The Morgan fingerprint density at radius 1 is 0.882 bits per heavy atom. The van der Waals surface area contributed by atoms with Gasteiger partial charge >= 0.3 is 0 Å². The minimum atomic E-state index is -0.0685. The smallest absolute Gasteiger partial charge is 0.267 e. The molecule has 1 fully saturated rings. The number of furan rings is 1. The molecule has 0 unspecified atom stereocenters. The highest BCUT2D eigenvalue weighted by Crippen LogP contribution is 2.35. The minimum Gasteiger partial charge on any atom is -0.457 e. The SMILES string of the molecule is O=C1/C(=C/c2ccc(-c3cccc(Br)c3)o2)SC(=NCc2ccccc2)N1Cc1ccccc1. The molecule has 3 aromatic carbocycles. The van der Waals surface area contributed by atoms with Crippen LogP contribution in [0.1, 0.15) is 16.9 Å². The molecule has 1 aliphatic rings. The molecule has 5 rings (SSSR count). The second kappa shape index (κ2) is 10.3. The molecule has 0 bridgehead atoms. The van der Waals surface area contributed by atoms with Crippen molar-refractivity contribution in [2.75, 3.05) is 0 Å². The summed E-state index contributed by atoms with van der Waals surface area (Å²) in [5.41, 5.74) is 3.13. The van der Waals surface area contributed by atoms with Crippen LogP contribution in [0.15, 0.2) is 116 Å². The quantitative estimate of drug-likeness (QED) is 0.245. The van der Waals surface area contributed by atoms with Gasteiger partial charge in [0.2, 0.25) is 0 Å². The summed E-state index contributed by atoms with van der Waals surface area (Å²) in [4.78, 5) is 20.5. The van der Waals surface area contributed by atoms with Crippen molar-refractivity contribution in [2.45, 2.75) is 13.1 Å². The van der Waals surface area contributed by atoms with Crippen molar-refractivity contribution in [2.24, 2.45) is 4.99 Å². The highest BCUT2D eigenvalue weighted by molar-refractivity contribution is 9.10. The Labute approximate surface area is 211 Å². The van der Waals surface area contributed by atoms with Crippen molar-refractivity contribution in [1.29, 1.82) is 0 Å². The molecule has 1 aromatic heterocycles. The molecule has 2 heterocycles. The number of amidine groups is 1. The van der Waals surface area contributed by atoms with Gasteiger partial charge in [-0.3, -0.25) is 14.7 Å². The third-order valence-electron chi connectivity index (χ3n) is 5.32. The van der Waals surface area contributed by atoms with Gasteiger partial charge in [0.1, 0.15) is 11.5 Å². The summed E-state index contributed by atoms with van der Waals surface area (Å²) in [7, 11) is 0. The van der Waals surface area contributed by atoms with Crippen molar-refractivity contribution < 1.29 is 9.21 Å². The predicted molar refractivity (Wildman–Crippen MR) is 142 cm³/mol. The van der Waals surface area contributed by atoms with E-state index in [0.717, 1.165) is 26.9 Å². The van der Waals surface area contributed by atoms with Crippen LogP contribution in [0.5, 0.6) is 0 Å². The van der Waals surface area contributed by atoms with Crippen molar-refractivity contribution in [3.8, 4) is 11.3 Å². The first-order chi connectivity index (χ1) is 16.7. The van der Waals surface area contributed by atoms with Gasteiger partial charge in [-0.1, -0.05) is 88.7 Å². The molecular weight excluding hydrogens is 508 g/mol. The zero-order valence-electron chi connectivity index (χ0n) is 18.2. The average Bonchev–Trinajstić information content (AvgIpc) is 3.45. The zero-order chi connectivity index (χ0) is 23.3. The third kappa shape index (κ3) is 5.24. The van der Waals surface area contributed by atoms with E-state index in [9.17, 15) is 4.79 Å². The van der Waals surface area contributed by atoms with E-state index in [1.54, 1.807) is 11.0 Å². The highest BCUT2D eigenvalue weighted by atomic mass is 79.9. The summed E-state index contributed by atoms with van der Waals surface area (Å²) in [5.74, 6) is 1.32. The number of carbonyl (C=O) groups excluding carboxylic acids is 1. The second-order valence-corrected chi connectivity index (χ2v) is 9.71. The van der Waals surface area contributed by atoms with Gasteiger partial charge in [-0.05, 0) is 47.2 Å². The van der Waals surface area contributed by atoms with E-state index < -0.39 is 0 Å². The van der Waals surface area contributed by atoms with Gasteiger partial charge in [0.25, 0.3) is 5.91 Å². The second-order valence-electron chi connectivity index (χ2n) is 7.78. The molecule has 168 valence electrons. The van der Waals surface area contributed by atoms with Crippen LogP contribution in [0.25, 0.3) is 17.4 Å². The Morgan fingerprint density at radius 2 is 1.62 bits per heavy atom. The molecule has 0 atom stereocenters. The molecule has 1 aliphatic heterocycles. The van der Waals surface area contributed by atoms with Gasteiger partial charge < -0.3 is 4.42 Å². The summed E-state index contributed by atoms with van der Waals surface area (Å²) in [6, 6.07) is 31.8. The largest absolute Gasteiger partial charge is 0.457 e. The van der Waals surface area contributed by atoms with E-state index >= 15 is 0 Å². The van der Waals surface area contributed by atoms with Gasteiger partial charge in [0.15, 0.2) is 5.17 Å². The molecule has 4 aromatic rings. The molecule has 0 spiro atoms. The number of halogens is 1. The lowest BCUT2D eigenvalue weighted by Crippen LogP contribution is -2.28. The van der Waals surface area contributed by atoms with E-state index in [2.05, 4.69) is 15.9 Å². The van der Waals surface area contributed by atoms with E-state index in [1.807, 2.05) is 97.1 Å². The Morgan fingerprint density at radius 3 is 2.35 bits per heavy atom. The maximum atomic E-state index is 13.4. The summed E-state index contributed by atoms with van der Waals surface area (Å²) < 4.78 is 7.02. The molecule has 1 amide bonds. The fourth-order valence-electron chi connectivity index (χ4n) is 3.63. The number of nitrogens with zero attached hydrogens (tertiary/aromatic N) is 2. The molecule has 1 saturated heterocycles. The molecule has 0 aliphatic carbocycles. The van der Waals surface area contributed by atoms with E-state index in [0.29, 0.717) is 28.9 Å². The first kappa shape index (κ1) is 22.4. The Bertz CT molecular complexity index is 1360. The maximum absolute atomic E-state index is 13.4. The molecular formula is C28H21BrN2O2S. The van der Waals surface area contributed by atoms with Crippen molar-refractivity contribution in [3.63, 3.8) is 0 Å². The molecule has 34 heavy (non-hydrogen) atoms. The monoisotopic (exact) mass is 528 g/mol. The van der Waals surface area contributed by atoms with Gasteiger partial charge in [0.05, 0.1) is 18.0 Å². The Hall–Kier alpha value is -3.35. The summed E-state index contributed by atoms with van der Waals surface area (Å²) in [5, 5.41) is 0.697. The average molecular weight is 529 g/mol. The van der Waals surface area contributed by atoms with Crippen LogP contribution in [0.4, 0.5) is 0 Å². The van der Waals surface area contributed by atoms with Crippen LogP contribution in [-0.2, 0) is 17.9 Å². The van der Waals surface area contributed by atoms with Crippen LogP contribution in [0.2, 0.25) is 0 Å². The molecule has 6 heteroatoms. The number of hydrogen-bond acceptors (Lipinski definition) is 4. The van der Waals surface area contributed by atoms with Crippen LogP contribution in [0, 0.1) is 0 Å². The first-order valence-electron chi connectivity index (χ1n) is 10.9. The number of amides is 1. The van der Waals surface area contributed by atoms with Crippen LogP contribution < -0.4 is 0 Å². The minimum absolute atomic E-state index is 0.0685. The Balaban J connectivity index is 1.42. The summed E-state index contributed by atoms with van der Waals surface area (Å²) in [6.07, 6.45) is 1.80. The number of thioether (sulfide) groups is 1. The van der Waals surface area contributed by atoms with E-state index in [1.165, 1.54) is 11.8 Å². The molecule has 0 N–H and O–H groups in total. The Kier molecular flexibility index (Phi) is 6.79. The lowest BCUT2D eigenvalue weighted by atomic mass is 10.2. The standard InChI is InChI=1S/C28H21BrN2O2S/c29-23-13-7-12-22(16-23)25-15-14-24(33-25)17-26-27(32)31(19-21-10-5-2-6-11-21)28(34-26)30-18-20-8-3-1-4-9-20/h1-17H,18-19H2/b26-17-,30-28?. The van der Waals surface area contributed by atoms with Gasteiger partial charge in [-0.25, -0.2) is 0 Å². The normalized spacial score (nSPS) is 16.0. The lowest BCUT2D eigenvalue weighted by Gasteiger charge is -2.15. The van der Waals surface area contributed by atoms with Crippen LogP contribution in [-0.4, -0.2) is 16.0 Å². The highest BCUT2D eigenvalue weighted by Gasteiger charge is 2.33. The molecule has 0 radical (unpaired) electrons. The van der Waals surface area contributed by atoms with Gasteiger partial charge in [0, 0.05) is 16.1 Å². The van der Waals surface area contributed by atoms with Gasteiger partial charge in [-0.2, -0.15) is 0 Å². The summed E-state index contributed by atoms with van der Waals surface area (Å²) >= 11 is 4.88. The number of rotatable bonds is 6. The molecule has 0 saturated carbocycles. The number of carbonyl (C=O) groups is 1. The van der Waals surface area contributed by atoms with E-state index in [-0.39, 0.29) is 5.91 Å². The van der Waals surface area contributed by atoms with Crippen LogP contribution >= 0.6 is 27.7 Å². The third-order valence-corrected chi connectivity index (χ3v) is 6.86. The number of benzene rings is 3. The number of aliphatic imine (C=N–C) groups is 1. The van der Waals surface area contributed by atoms with Crippen LogP contribution in [0.3, 0.4) is 0 Å². The van der Waals surface area contributed by atoms with Crippen molar-refractivity contribution in [3.05, 3.63) is 123 Å². The lowest BCUT2D eigenvalue weighted by molar-refractivity contribution is -0.122. The topological polar surface area (TPSA) is 45.8 Å². The first-order valence-corrected chi connectivity index (χ1v) is 12.5. The van der Waals surface area contributed by atoms with Gasteiger partial charge in [-0.15, -0.1) is 0 Å². The summed E-state index contributed by atoms with van der Waals surface area (Å²) in [6.45, 7) is 0.988. The van der Waals surface area contributed by atoms with E-state index in [4.69, 9.17) is 9.41 Å². The van der Waals surface area contributed by atoms with Crippen molar-refractivity contribution in [1.82, 2.24) is 4.90 Å². The predicted octanol–water partition coefficient (Wildman–Crippen LogP) is 7.38. The number of hydrogen-bond donors (Lipinski definition) is 0. The zero-order valence-corrected chi connectivity index (χ0v) is 20.6. The van der Waals surface area contributed by atoms with Crippen molar-refractivity contribution >= 4 is 44.8 Å². The molecule has 4 nitrogen and oxygen atoms in total.